The van der Waals surface area contributed by atoms with E-state index >= 15 is 0 Å². The normalized spacial score (nSPS) is 10.5. The molecule has 12 heavy (non-hydrogen) atoms. The van der Waals surface area contributed by atoms with E-state index in [4.69, 9.17) is 0 Å². The summed E-state index contributed by atoms with van der Waals surface area (Å²) in [4.78, 5) is 0. The SMILES string of the molecule is CC/C=C\c1ccc(NC)cc1. The van der Waals surface area contributed by atoms with Crippen molar-refractivity contribution in [2.45, 2.75) is 13.3 Å². The van der Waals surface area contributed by atoms with Gasteiger partial charge >= 0.3 is 0 Å². The fourth-order valence-corrected chi connectivity index (χ4v) is 1.01. The van der Waals surface area contributed by atoms with Crippen molar-refractivity contribution in [3.8, 4) is 0 Å². The van der Waals surface area contributed by atoms with Gasteiger partial charge in [0.05, 0.1) is 0 Å². The Morgan fingerprint density at radius 1 is 1.25 bits per heavy atom. The molecule has 0 heterocycles. The molecule has 0 radical (unpaired) electrons. The second-order valence-electron chi connectivity index (χ2n) is 2.68. The molecule has 1 aromatic carbocycles. The summed E-state index contributed by atoms with van der Waals surface area (Å²) in [5.41, 5.74) is 2.42. The quantitative estimate of drug-likeness (QED) is 0.718. The average Bonchev–Trinajstić information content (AvgIpc) is 2.15. The first-order valence-corrected chi connectivity index (χ1v) is 4.31. The molecule has 0 aliphatic rings. The van der Waals surface area contributed by atoms with Crippen LogP contribution in [-0.2, 0) is 0 Å². The zero-order valence-corrected chi connectivity index (χ0v) is 7.67. The zero-order valence-electron chi connectivity index (χ0n) is 7.67. The molecule has 1 nitrogen and oxygen atoms in total. The summed E-state index contributed by atoms with van der Waals surface area (Å²) in [6.07, 6.45) is 5.39. The number of hydrogen-bond acceptors (Lipinski definition) is 1. The maximum Gasteiger partial charge on any atom is 0.0337 e. The van der Waals surface area contributed by atoms with Gasteiger partial charge in [0, 0.05) is 12.7 Å². The van der Waals surface area contributed by atoms with Gasteiger partial charge in [0.15, 0.2) is 0 Å². The Hall–Kier alpha value is -1.24. The van der Waals surface area contributed by atoms with Gasteiger partial charge in [-0.05, 0) is 24.1 Å². The number of benzene rings is 1. The van der Waals surface area contributed by atoms with Crippen molar-refractivity contribution in [2.24, 2.45) is 0 Å². The van der Waals surface area contributed by atoms with Crippen LogP contribution in [0.15, 0.2) is 30.3 Å². The molecule has 1 N–H and O–H groups in total. The van der Waals surface area contributed by atoms with Crippen LogP contribution in [0.25, 0.3) is 6.08 Å². The number of nitrogens with one attached hydrogen (secondary N) is 1. The molecule has 0 aromatic heterocycles. The minimum absolute atomic E-state index is 1.09. The maximum atomic E-state index is 3.09. The lowest BCUT2D eigenvalue weighted by atomic mass is 10.2. The molecule has 1 aromatic rings. The minimum Gasteiger partial charge on any atom is -0.388 e. The van der Waals surface area contributed by atoms with Crippen LogP contribution in [0.3, 0.4) is 0 Å². The predicted octanol–water partition coefficient (Wildman–Crippen LogP) is 3.15. The van der Waals surface area contributed by atoms with Crippen LogP contribution >= 0.6 is 0 Å². The summed E-state index contributed by atoms with van der Waals surface area (Å²) >= 11 is 0. The Morgan fingerprint density at radius 2 is 1.92 bits per heavy atom. The van der Waals surface area contributed by atoms with E-state index in [1.54, 1.807) is 0 Å². The molecule has 0 spiro atoms. The number of rotatable bonds is 3. The molecule has 0 bridgehead atoms. The summed E-state index contributed by atoms with van der Waals surface area (Å²) in [6, 6.07) is 8.38. The van der Waals surface area contributed by atoms with E-state index in [0.29, 0.717) is 0 Å². The lowest BCUT2D eigenvalue weighted by molar-refractivity contribution is 1.23. The topological polar surface area (TPSA) is 12.0 Å². The summed E-state index contributed by atoms with van der Waals surface area (Å²) < 4.78 is 0. The van der Waals surface area contributed by atoms with E-state index in [2.05, 4.69) is 48.7 Å². The van der Waals surface area contributed by atoms with Gasteiger partial charge in [0.25, 0.3) is 0 Å². The van der Waals surface area contributed by atoms with Crippen LogP contribution in [0, 0.1) is 0 Å². The van der Waals surface area contributed by atoms with E-state index in [-0.39, 0.29) is 0 Å². The van der Waals surface area contributed by atoms with Gasteiger partial charge in [-0.1, -0.05) is 31.2 Å². The van der Waals surface area contributed by atoms with Gasteiger partial charge in [-0.3, -0.25) is 0 Å². The number of hydrogen-bond donors (Lipinski definition) is 1. The molecular weight excluding hydrogens is 146 g/mol. The Bertz CT molecular complexity index is 246. The lowest BCUT2D eigenvalue weighted by Crippen LogP contribution is -1.86. The molecule has 0 amide bonds. The van der Waals surface area contributed by atoms with Crippen molar-refractivity contribution in [3.63, 3.8) is 0 Å². The van der Waals surface area contributed by atoms with E-state index in [9.17, 15) is 0 Å². The zero-order chi connectivity index (χ0) is 8.81. The van der Waals surface area contributed by atoms with Gasteiger partial charge in [0.1, 0.15) is 0 Å². The second-order valence-corrected chi connectivity index (χ2v) is 2.68. The van der Waals surface area contributed by atoms with Crippen molar-refractivity contribution in [1.29, 1.82) is 0 Å². The van der Waals surface area contributed by atoms with Crippen molar-refractivity contribution < 1.29 is 0 Å². The van der Waals surface area contributed by atoms with E-state index < -0.39 is 0 Å². The van der Waals surface area contributed by atoms with Gasteiger partial charge in [-0.25, -0.2) is 0 Å². The molecule has 1 rings (SSSR count). The van der Waals surface area contributed by atoms with E-state index in [1.165, 1.54) is 5.56 Å². The summed E-state index contributed by atoms with van der Waals surface area (Å²) in [5.74, 6) is 0. The molecule has 0 saturated carbocycles. The highest BCUT2D eigenvalue weighted by atomic mass is 14.8. The smallest absolute Gasteiger partial charge is 0.0337 e. The molecule has 0 fully saturated rings. The van der Waals surface area contributed by atoms with Crippen molar-refractivity contribution in [1.82, 2.24) is 0 Å². The first kappa shape index (κ1) is 8.85. The summed E-state index contributed by atoms with van der Waals surface area (Å²) in [7, 11) is 1.93. The summed E-state index contributed by atoms with van der Waals surface area (Å²) in [5, 5.41) is 3.09. The van der Waals surface area contributed by atoms with Crippen LogP contribution in [0.1, 0.15) is 18.9 Å². The van der Waals surface area contributed by atoms with Gasteiger partial charge in [0.2, 0.25) is 0 Å². The molecular formula is C11H15N. The fraction of sp³-hybridized carbons (Fsp3) is 0.273. The van der Waals surface area contributed by atoms with Crippen molar-refractivity contribution in [3.05, 3.63) is 35.9 Å². The van der Waals surface area contributed by atoms with Crippen LogP contribution in [0.5, 0.6) is 0 Å². The largest absolute Gasteiger partial charge is 0.388 e. The number of allylic oxidation sites excluding steroid dienone is 1. The Kier molecular flexibility index (Phi) is 3.39. The van der Waals surface area contributed by atoms with E-state index in [1.807, 2.05) is 7.05 Å². The average molecular weight is 161 g/mol. The van der Waals surface area contributed by atoms with Crippen LogP contribution in [0.2, 0.25) is 0 Å². The predicted molar refractivity (Wildman–Crippen MR) is 55.3 cm³/mol. The van der Waals surface area contributed by atoms with Gasteiger partial charge in [-0.15, -0.1) is 0 Å². The van der Waals surface area contributed by atoms with Gasteiger partial charge < -0.3 is 5.32 Å². The van der Waals surface area contributed by atoms with Gasteiger partial charge in [-0.2, -0.15) is 0 Å². The molecule has 0 aliphatic carbocycles. The van der Waals surface area contributed by atoms with Crippen LogP contribution in [-0.4, -0.2) is 7.05 Å². The second kappa shape index (κ2) is 4.60. The number of anilines is 1. The molecule has 64 valence electrons. The summed E-state index contributed by atoms with van der Waals surface area (Å²) in [6.45, 7) is 2.14. The highest BCUT2D eigenvalue weighted by Gasteiger charge is 1.86. The molecule has 0 aliphatic heterocycles. The Labute approximate surface area is 74.1 Å². The fourth-order valence-electron chi connectivity index (χ4n) is 1.01. The molecule has 0 unspecified atom stereocenters. The third-order valence-corrected chi connectivity index (χ3v) is 1.75. The van der Waals surface area contributed by atoms with Crippen molar-refractivity contribution >= 4 is 11.8 Å². The highest BCUT2D eigenvalue weighted by Crippen LogP contribution is 2.09. The van der Waals surface area contributed by atoms with Crippen LogP contribution < -0.4 is 5.32 Å². The monoisotopic (exact) mass is 161 g/mol. The molecule has 0 atom stereocenters. The Balaban J connectivity index is 2.71. The standard InChI is InChI=1S/C11H15N/c1-3-4-5-10-6-8-11(12-2)9-7-10/h4-9,12H,3H2,1-2H3/b5-4-. The third-order valence-electron chi connectivity index (χ3n) is 1.75. The highest BCUT2D eigenvalue weighted by molar-refractivity contribution is 5.54. The molecule has 1 heteroatoms. The van der Waals surface area contributed by atoms with Crippen LogP contribution in [0.4, 0.5) is 5.69 Å². The Morgan fingerprint density at radius 3 is 2.42 bits per heavy atom. The third kappa shape index (κ3) is 2.42. The first-order chi connectivity index (χ1) is 5.86. The molecule has 0 saturated heterocycles. The maximum absolute atomic E-state index is 3.09. The minimum atomic E-state index is 1.09. The van der Waals surface area contributed by atoms with Crippen molar-refractivity contribution in [2.75, 3.05) is 12.4 Å². The lowest BCUT2D eigenvalue weighted by Gasteiger charge is -1.98. The van der Waals surface area contributed by atoms with E-state index in [0.717, 1.165) is 12.1 Å². The first-order valence-electron chi connectivity index (χ1n) is 4.31.